The van der Waals surface area contributed by atoms with E-state index in [9.17, 15) is 5.11 Å². The van der Waals surface area contributed by atoms with Crippen molar-refractivity contribution in [2.75, 3.05) is 6.61 Å². The van der Waals surface area contributed by atoms with Crippen molar-refractivity contribution in [2.45, 2.75) is 24.6 Å². The van der Waals surface area contributed by atoms with Gasteiger partial charge in [0.05, 0.1) is 12.7 Å². The van der Waals surface area contributed by atoms with Crippen LogP contribution >= 0.6 is 9.12 Å². The highest BCUT2D eigenvalue weighted by Crippen LogP contribution is 2.19. The van der Waals surface area contributed by atoms with E-state index in [-0.39, 0.29) is 18.7 Å². The molecule has 0 aromatic carbocycles. The summed E-state index contributed by atoms with van der Waals surface area (Å²) in [5, 5.41) is 17.8. The molecule has 1 aliphatic rings. The summed E-state index contributed by atoms with van der Waals surface area (Å²) in [6.07, 6.45) is -0.303. The molecule has 0 amide bonds. The first-order valence-electron chi connectivity index (χ1n) is 3.27. The highest BCUT2D eigenvalue weighted by Gasteiger charge is 2.32. The average Bonchev–Trinajstić information content (AvgIpc) is 2.30. The molecule has 1 saturated heterocycles. The fraction of sp³-hybridized carbons (Fsp3) is 1.00. The zero-order valence-electron chi connectivity index (χ0n) is 5.60. The zero-order valence-corrected chi connectivity index (χ0v) is 6.76. The van der Waals surface area contributed by atoms with Crippen molar-refractivity contribution in [2.24, 2.45) is 0 Å². The smallest absolute Gasteiger partial charge is 0.177 e. The Bertz CT molecular complexity index is 113. The monoisotopic (exact) mass is 161 g/mol. The van der Waals surface area contributed by atoms with Crippen LogP contribution in [-0.2, 0) is 4.74 Å². The molecule has 1 heterocycles. The highest BCUT2D eigenvalue weighted by atomic mass is 31.0. The van der Waals surface area contributed by atoms with Gasteiger partial charge in [0.15, 0.2) is 7.00 Å². The van der Waals surface area contributed by atoms with E-state index in [1.54, 1.807) is 7.00 Å². The van der Waals surface area contributed by atoms with Gasteiger partial charge >= 0.3 is 0 Å². The molecule has 4 unspecified atom stereocenters. The Balaban J connectivity index is 2.36. The third kappa shape index (κ3) is 1.70. The van der Waals surface area contributed by atoms with Gasteiger partial charge in [0.25, 0.3) is 0 Å². The summed E-state index contributed by atoms with van der Waals surface area (Å²) in [7, 11) is 2.43. The van der Waals surface area contributed by atoms with E-state index >= 15 is 0 Å². The van der Waals surface area contributed by atoms with Gasteiger partial charge in [0.1, 0.15) is 6.10 Å². The first-order valence-corrected chi connectivity index (χ1v) is 3.94. The van der Waals surface area contributed by atoms with Gasteiger partial charge in [-0.25, -0.2) is 0 Å². The number of hydrogen-bond donors (Lipinski definition) is 2. The molecule has 0 aromatic rings. The van der Waals surface area contributed by atoms with Gasteiger partial charge in [-0.2, -0.15) is 9.12 Å². The average molecular weight is 161 g/mol. The Morgan fingerprint density at radius 2 is 2.40 bits per heavy atom. The van der Waals surface area contributed by atoms with Crippen LogP contribution in [0.25, 0.3) is 0 Å². The van der Waals surface area contributed by atoms with Gasteiger partial charge in [0, 0.05) is 6.00 Å². The zero-order chi connectivity index (χ0) is 7.56. The summed E-state index contributed by atoms with van der Waals surface area (Å²) < 4.78 is 5.20. The molecule has 0 saturated carbocycles. The second-order valence-electron chi connectivity index (χ2n) is 2.39. The van der Waals surface area contributed by atoms with Gasteiger partial charge in [-0.05, 0) is 6.42 Å². The quantitative estimate of drug-likeness (QED) is 0.401. The number of hydrogen-bond acceptors (Lipinski definition) is 3. The van der Waals surface area contributed by atoms with Crippen LogP contribution in [0.1, 0.15) is 6.42 Å². The molecular formula is C5H11BO3P. The Morgan fingerprint density at radius 1 is 1.70 bits per heavy atom. The van der Waals surface area contributed by atoms with Crippen LogP contribution in [-0.4, -0.2) is 42.0 Å². The SMILES string of the molecule is OCC1OC([B]P)CC1O. The summed E-state index contributed by atoms with van der Waals surface area (Å²) in [4.78, 5) is 0. The van der Waals surface area contributed by atoms with Crippen molar-refractivity contribution in [3.63, 3.8) is 0 Å². The van der Waals surface area contributed by atoms with Crippen LogP contribution in [0.15, 0.2) is 0 Å². The maximum Gasteiger partial charge on any atom is 0.177 e. The van der Waals surface area contributed by atoms with Crippen LogP contribution in [0.3, 0.4) is 0 Å². The van der Waals surface area contributed by atoms with Crippen molar-refractivity contribution in [3.05, 3.63) is 0 Å². The Labute approximate surface area is 63.2 Å². The normalized spacial score (nSPS) is 40.1. The lowest BCUT2D eigenvalue weighted by Gasteiger charge is -2.09. The van der Waals surface area contributed by atoms with Crippen LogP contribution in [0, 0.1) is 0 Å². The standard InChI is InChI=1S/C5H11BO3P/c7-2-4-3(8)1-5(6-10)9-4/h3-5,7-8H,1-2,10H2. The van der Waals surface area contributed by atoms with Crippen LogP contribution in [0.5, 0.6) is 0 Å². The molecule has 1 fully saturated rings. The summed E-state index contributed by atoms with van der Waals surface area (Å²) in [5.74, 6) is 0. The van der Waals surface area contributed by atoms with E-state index in [4.69, 9.17) is 9.84 Å². The van der Waals surface area contributed by atoms with Crippen molar-refractivity contribution in [3.8, 4) is 0 Å². The topological polar surface area (TPSA) is 49.7 Å². The minimum atomic E-state index is -0.508. The second-order valence-corrected chi connectivity index (χ2v) is 2.78. The lowest BCUT2D eigenvalue weighted by atomic mass is 9.94. The molecule has 2 N–H and O–H groups in total. The molecule has 1 rings (SSSR count). The van der Waals surface area contributed by atoms with Gasteiger partial charge in [-0.1, -0.05) is 0 Å². The van der Waals surface area contributed by atoms with Crippen molar-refractivity contribution < 1.29 is 14.9 Å². The maximum atomic E-state index is 9.18. The molecule has 1 aliphatic heterocycles. The minimum Gasteiger partial charge on any atom is -0.394 e. The van der Waals surface area contributed by atoms with Crippen LogP contribution < -0.4 is 0 Å². The third-order valence-corrected chi connectivity index (χ3v) is 2.08. The molecule has 3 nitrogen and oxygen atoms in total. The third-order valence-electron chi connectivity index (χ3n) is 1.65. The van der Waals surface area contributed by atoms with E-state index in [2.05, 4.69) is 9.12 Å². The Morgan fingerprint density at radius 3 is 2.70 bits per heavy atom. The lowest BCUT2D eigenvalue weighted by molar-refractivity contribution is -0.00429. The maximum absolute atomic E-state index is 9.18. The Kier molecular flexibility index (Phi) is 3.11. The number of ether oxygens (including phenoxy) is 1. The van der Waals surface area contributed by atoms with Crippen molar-refractivity contribution in [1.29, 1.82) is 0 Å². The number of rotatable bonds is 2. The molecule has 0 aromatic heterocycles. The predicted octanol–water partition coefficient (Wildman–Crippen LogP) is -1.05. The van der Waals surface area contributed by atoms with Gasteiger partial charge < -0.3 is 14.9 Å². The minimum absolute atomic E-state index is 0.0165. The molecule has 0 aliphatic carbocycles. The predicted molar refractivity (Wildman–Crippen MR) is 41.8 cm³/mol. The van der Waals surface area contributed by atoms with Gasteiger partial charge in [0.2, 0.25) is 0 Å². The van der Waals surface area contributed by atoms with E-state index in [1.807, 2.05) is 0 Å². The van der Waals surface area contributed by atoms with E-state index < -0.39 is 6.10 Å². The first kappa shape index (κ1) is 8.47. The fourth-order valence-corrected chi connectivity index (χ4v) is 1.30. The summed E-state index contributed by atoms with van der Waals surface area (Å²) in [6, 6.07) is -0.0165. The van der Waals surface area contributed by atoms with E-state index in [0.717, 1.165) is 0 Å². The molecule has 0 bridgehead atoms. The van der Waals surface area contributed by atoms with E-state index in [0.29, 0.717) is 6.42 Å². The highest BCUT2D eigenvalue weighted by molar-refractivity contribution is 7.55. The summed E-state index contributed by atoms with van der Waals surface area (Å²) in [6.45, 7) is 1.70. The van der Waals surface area contributed by atoms with Crippen molar-refractivity contribution in [1.82, 2.24) is 0 Å². The first-order chi connectivity index (χ1) is 4.77. The van der Waals surface area contributed by atoms with Crippen LogP contribution in [0.4, 0.5) is 0 Å². The summed E-state index contributed by atoms with van der Waals surface area (Å²) >= 11 is 0. The molecule has 4 atom stereocenters. The van der Waals surface area contributed by atoms with Gasteiger partial charge in [-0.15, -0.1) is 0 Å². The molecule has 57 valence electrons. The molecular weight excluding hydrogens is 150 g/mol. The molecule has 5 heteroatoms. The molecule has 0 spiro atoms. The fourth-order valence-electron chi connectivity index (χ4n) is 1.05. The largest absolute Gasteiger partial charge is 0.394 e. The molecule has 10 heavy (non-hydrogen) atoms. The summed E-state index contributed by atoms with van der Waals surface area (Å²) in [5.41, 5.74) is 0. The lowest BCUT2D eigenvalue weighted by Crippen LogP contribution is -2.24. The second kappa shape index (κ2) is 3.68. The van der Waals surface area contributed by atoms with E-state index in [1.165, 1.54) is 0 Å². The Hall–Kier alpha value is 0.375. The van der Waals surface area contributed by atoms with Crippen LogP contribution in [0.2, 0.25) is 0 Å². The van der Waals surface area contributed by atoms with Gasteiger partial charge in [-0.3, -0.25) is 0 Å². The number of aliphatic hydroxyl groups excluding tert-OH is 2. The van der Waals surface area contributed by atoms with Crippen molar-refractivity contribution >= 4 is 16.1 Å². The number of aliphatic hydroxyl groups is 2. The molecule has 1 radical (unpaired) electrons.